The van der Waals surface area contributed by atoms with Crippen LogP contribution in [-0.4, -0.2) is 66.2 Å². The molecule has 2 amide bonds. The van der Waals surface area contributed by atoms with Crippen LogP contribution in [0.25, 0.3) is 11.3 Å². The molecule has 2 aliphatic rings. The number of hydrogen-bond donors (Lipinski definition) is 0. The summed E-state index contributed by atoms with van der Waals surface area (Å²) in [6, 6.07) is 9.59. The normalized spacial score (nSPS) is 18.3. The largest absolute Gasteiger partial charge is 0.378 e. The molecule has 2 aromatic rings. The number of likely N-dealkylation sites (tertiary alicyclic amines) is 1. The molecule has 7 heteroatoms. The summed E-state index contributed by atoms with van der Waals surface area (Å²) in [5.41, 5.74) is 1.96. The van der Waals surface area contributed by atoms with Crippen molar-refractivity contribution in [3.8, 4) is 11.3 Å². The highest BCUT2D eigenvalue weighted by Gasteiger charge is 2.33. The van der Waals surface area contributed by atoms with E-state index in [0.717, 1.165) is 5.56 Å². The molecule has 0 N–H and O–H groups in total. The first kappa shape index (κ1) is 18.7. The Balaban J connectivity index is 1.44. The van der Waals surface area contributed by atoms with Gasteiger partial charge in [0, 0.05) is 37.7 Å². The van der Waals surface area contributed by atoms with E-state index in [9.17, 15) is 9.59 Å². The van der Waals surface area contributed by atoms with Crippen LogP contribution in [0.3, 0.4) is 0 Å². The van der Waals surface area contributed by atoms with E-state index in [0.29, 0.717) is 69.3 Å². The minimum atomic E-state index is -0.0742. The number of hydrogen-bond acceptors (Lipinski definition) is 5. The highest BCUT2D eigenvalue weighted by molar-refractivity contribution is 6.00. The molecule has 2 aliphatic heterocycles. The maximum Gasteiger partial charge on any atom is 0.259 e. The second-order valence-electron chi connectivity index (χ2n) is 7.33. The van der Waals surface area contributed by atoms with Gasteiger partial charge < -0.3 is 19.1 Å². The Morgan fingerprint density at radius 1 is 1.00 bits per heavy atom. The Bertz CT molecular complexity index is 835. The van der Waals surface area contributed by atoms with Crippen LogP contribution in [0.4, 0.5) is 0 Å². The van der Waals surface area contributed by atoms with Gasteiger partial charge in [0.05, 0.1) is 13.2 Å². The first-order valence-corrected chi connectivity index (χ1v) is 9.82. The monoisotopic (exact) mass is 383 g/mol. The fourth-order valence-corrected chi connectivity index (χ4v) is 3.95. The van der Waals surface area contributed by atoms with Gasteiger partial charge in [0.1, 0.15) is 17.0 Å². The van der Waals surface area contributed by atoms with E-state index in [1.165, 1.54) is 0 Å². The van der Waals surface area contributed by atoms with Crippen molar-refractivity contribution >= 4 is 11.8 Å². The summed E-state index contributed by atoms with van der Waals surface area (Å²) in [5, 5.41) is 4.11. The highest BCUT2D eigenvalue weighted by atomic mass is 16.5. The van der Waals surface area contributed by atoms with E-state index < -0.39 is 0 Å². The molecule has 1 aromatic carbocycles. The lowest BCUT2D eigenvalue weighted by Crippen LogP contribution is -2.47. The summed E-state index contributed by atoms with van der Waals surface area (Å²) in [6.45, 7) is 5.45. The molecule has 3 heterocycles. The number of morpholine rings is 1. The van der Waals surface area contributed by atoms with Crippen LogP contribution in [-0.2, 0) is 9.53 Å². The molecular formula is C21H25N3O4. The third kappa shape index (κ3) is 3.67. The molecule has 0 aliphatic carbocycles. The number of aromatic nitrogens is 1. The molecule has 0 atom stereocenters. The van der Waals surface area contributed by atoms with E-state index in [1.807, 2.05) is 40.1 Å². The van der Waals surface area contributed by atoms with E-state index >= 15 is 0 Å². The minimum Gasteiger partial charge on any atom is -0.378 e. The van der Waals surface area contributed by atoms with Crippen molar-refractivity contribution in [2.75, 3.05) is 39.4 Å². The number of rotatable bonds is 3. The molecule has 7 nitrogen and oxygen atoms in total. The van der Waals surface area contributed by atoms with Crippen LogP contribution in [0.5, 0.6) is 0 Å². The maximum absolute atomic E-state index is 13.2. The van der Waals surface area contributed by atoms with Crippen molar-refractivity contribution in [2.45, 2.75) is 19.8 Å². The topological polar surface area (TPSA) is 75.9 Å². The smallest absolute Gasteiger partial charge is 0.259 e. The number of benzene rings is 1. The van der Waals surface area contributed by atoms with Gasteiger partial charge in [-0.3, -0.25) is 9.59 Å². The summed E-state index contributed by atoms with van der Waals surface area (Å²) in [7, 11) is 0. The van der Waals surface area contributed by atoms with Gasteiger partial charge in [-0.2, -0.15) is 0 Å². The number of piperidine rings is 1. The zero-order chi connectivity index (χ0) is 19.5. The van der Waals surface area contributed by atoms with Gasteiger partial charge in [0.2, 0.25) is 5.91 Å². The van der Waals surface area contributed by atoms with Gasteiger partial charge in [0.15, 0.2) is 0 Å². The van der Waals surface area contributed by atoms with Crippen molar-refractivity contribution < 1.29 is 18.8 Å². The molecule has 0 unspecified atom stereocenters. The molecule has 28 heavy (non-hydrogen) atoms. The fourth-order valence-electron chi connectivity index (χ4n) is 3.95. The highest BCUT2D eigenvalue weighted by Crippen LogP contribution is 2.28. The quantitative estimate of drug-likeness (QED) is 0.813. The second kappa shape index (κ2) is 8.14. The van der Waals surface area contributed by atoms with Crippen molar-refractivity contribution in [2.24, 2.45) is 5.92 Å². The first-order valence-electron chi connectivity index (χ1n) is 9.82. The fraction of sp³-hybridized carbons (Fsp3) is 0.476. The van der Waals surface area contributed by atoms with Gasteiger partial charge in [-0.05, 0) is 19.8 Å². The van der Waals surface area contributed by atoms with Crippen LogP contribution < -0.4 is 0 Å². The van der Waals surface area contributed by atoms with Gasteiger partial charge in [-0.1, -0.05) is 35.5 Å². The average molecular weight is 383 g/mol. The number of amides is 2. The Hall–Kier alpha value is -2.67. The maximum atomic E-state index is 13.2. The lowest BCUT2D eigenvalue weighted by Gasteiger charge is -2.35. The van der Waals surface area contributed by atoms with Crippen LogP contribution >= 0.6 is 0 Å². The summed E-state index contributed by atoms with van der Waals surface area (Å²) in [4.78, 5) is 29.6. The molecule has 0 saturated carbocycles. The summed E-state index contributed by atoms with van der Waals surface area (Å²) in [5.74, 6) is 0.631. The third-order valence-corrected chi connectivity index (χ3v) is 5.58. The average Bonchev–Trinajstić information content (AvgIpc) is 3.15. The molecule has 1 aromatic heterocycles. The number of ether oxygens (including phenoxy) is 1. The van der Waals surface area contributed by atoms with E-state index in [2.05, 4.69) is 5.16 Å². The molecule has 148 valence electrons. The molecule has 0 spiro atoms. The molecule has 0 radical (unpaired) electrons. The Kier molecular flexibility index (Phi) is 5.43. The molecule has 2 fully saturated rings. The second-order valence-corrected chi connectivity index (χ2v) is 7.33. The molecule has 2 saturated heterocycles. The SMILES string of the molecule is Cc1onc(-c2ccccc2)c1C(=O)N1CCC(C(=O)N2CCOCC2)CC1. The summed E-state index contributed by atoms with van der Waals surface area (Å²) >= 11 is 0. The third-order valence-electron chi connectivity index (χ3n) is 5.58. The van der Waals surface area contributed by atoms with E-state index in [-0.39, 0.29) is 17.7 Å². The van der Waals surface area contributed by atoms with Crippen molar-refractivity contribution in [1.82, 2.24) is 15.0 Å². The predicted molar refractivity (Wildman–Crippen MR) is 103 cm³/mol. The predicted octanol–water partition coefficient (Wildman–Crippen LogP) is 2.36. The van der Waals surface area contributed by atoms with Crippen molar-refractivity contribution in [3.05, 3.63) is 41.7 Å². The van der Waals surface area contributed by atoms with Crippen LogP contribution in [0.1, 0.15) is 29.0 Å². The standard InChI is InChI=1S/C21H25N3O4/c1-15-18(19(22-28-15)16-5-3-2-4-6-16)21(26)23-9-7-17(8-10-23)20(25)24-11-13-27-14-12-24/h2-6,17H,7-14H2,1H3. The Labute approximate surface area is 164 Å². The van der Waals surface area contributed by atoms with Crippen molar-refractivity contribution in [3.63, 3.8) is 0 Å². The van der Waals surface area contributed by atoms with Gasteiger partial charge in [-0.15, -0.1) is 0 Å². The van der Waals surface area contributed by atoms with E-state index in [4.69, 9.17) is 9.26 Å². The minimum absolute atomic E-state index is 0.0145. The van der Waals surface area contributed by atoms with Crippen molar-refractivity contribution in [1.29, 1.82) is 0 Å². The van der Waals surface area contributed by atoms with Crippen LogP contribution in [0.2, 0.25) is 0 Å². The Morgan fingerprint density at radius 3 is 2.36 bits per heavy atom. The number of carbonyl (C=O) groups excluding carboxylic acids is 2. The lowest BCUT2D eigenvalue weighted by molar-refractivity contribution is -0.141. The zero-order valence-corrected chi connectivity index (χ0v) is 16.1. The molecule has 4 rings (SSSR count). The number of nitrogens with zero attached hydrogens (tertiary/aromatic N) is 3. The van der Waals surface area contributed by atoms with Gasteiger partial charge in [0.25, 0.3) is 5.91 Å². The lowest BCUT2D eigenvalue weighted by atomic mass is 9.94. The summed E-state index contributed by atoms with van der Waals surface area (Å²) in [6.07, 6.45) is 1.37. The number of carbonyl (C=O) groups is 2. The number of aryl methyl sites for hydroxylation is 1. The van der Waals surface area contributed by atoms with Gasteiger partial charge >= 0.3 is 0 Å². The summed E-state index contributed by atoms with van der Waals surface area (Å²) < 4.78 is 10.7. The van der Waals surface area contributed by atoms with Gasteiger partial charge in [-0.25, -0.2) is 0 Å². The van der Waals surface area contributed by atoms with E-state index in [1.54, 1.807) is 6.92 Å². The first-order chi connectivity index (χ1) is 13.6. The Morgan fingerprint density at radius 2 is 1.68 bits per heavy atom. The zero-order valence-electron chi connectivity index (χ0n) is 16.1. The van der Waals surface area contributed by atoms with Crippen LogP contribution in [0.15, 0.2) is 34.9 Å². The molecular weight excluding hydrogens is 358 g/mol. The molecule has 0 bridgehead atoms. The van der Waals surface area contributed by atoms with Crippen LogP contribution in [0, 0.1) is 12.8 Å².